The number of hydrogen-bond donors (Lipinski definition) is 0. The quantitative estimate of drug-likeness (QED) is 0.529. The number of benzene rings is 2. The van der Waals surface area contributed by atoms with E-state index in [-0.39, 0.29) is 11.1 Å². The maximum Gasteiger partial charge on any atom is 0.458 e. The van der Waals surface area contributed by atoms with Gasteiger partial charge in [0.1, 0.15) is 11.6 Å². The van der Waals surface area contributed by atoms with Gasteiger partial charge in [-0.2, -0.15) is 13.2 Å². The lowest BCUT2D eigenvalue weighted by Gasteiger charge is -2.06. The van der Waals surface area contributed by atoms with Gasteiger partial charge in [-0.15, -0.1) is 0 Å². The summed E-state index contributed by atoms with van der Waals surface area (Å²) in [6.45, 7) is 3.51. The van der Waals surface area contributed by atoms with Crippen LogP contribution in [0.4, 0.5) is 22.0 Å². The van der Waals surface area contributed by atoms with Crippen molar-refractivity contribution in [2.24, 2.45) is 0 Å². The summed E-state index contributed by atoms with van der Waals surface area (Å²) in [4.78, 5) is 0. The van der Waals surface area contributed by atoms with Gasteiger partial charge in [-0.25, -0.2) is 8.78 Å². The predicted molar refractivity (Wildman–Crippen MR) is 74.8 cm³/mol. The minimum Gasteiger partial charge on any atom is -0.206 e. The van der Waals surface area contributed by atoms with Crippen molar-refractivity contribution in [3.8, 4) is 23.0 Å². The zero-order chi connectivity index (χ0) is 16.3. The van der Waals surface area contributed by atoms with Gasteiger partial charge in [-0.1, -0.05) is 36.8 Å². The second-order valence-corrected chi connectivity index (χ2v) is 4.39. The Bertz CT molecular complexity index is 776. The monoisotopic (exact) mass is 308 g/mol. The summed E-state index contributed by atoms with van der Waals surface area (Å²) in [5, 5.41) is 0. The van der Waals surface area contributed by atoms with E-state index in [4.69, 9.17) is 0 Å². The Labute approximate surface area is 123 Å². The van der Waals surface area contributed by atoms with E-state index in [0.29, 0.717) is 5.56 Å². The third kappa shape index (κ3) is 3.73. The Kier molecular flexibility index (Phi) is 4.32. The SMILES string of the molecule is C=Cc1ccc(-c2ccc(C#CC(F)(F)F)c(F)c2)c(F)c1. The molecule has 5 heteroatoms. The molecule has 0 saturated heterocycles. The fourth-order valence-corrected chi connectivity index (χ4v) is 1.81. The van der Waals surface area contributed by atoms with Crippen molar-refractivity contribution in [3.05, 3.63) is 65.7 Å². The van der Waals surface area contributed by atoms with Crippen molar-refractivity contribution in [1.29, 1.82) is 0 Å². The molecule has 0 aliphatic rings. The van der Waals surface area contributed by atoms with E-state index in [1.807, 2.05) is 0 Å². The lowest BCUT2D eigenvalue weighted by Crippen LogP contribution is -2.01. The Balaban J connectivity index is 2.41. The van der Waals surface area contributed by atoms with Gasteiger partial charge in [0.05, 0.1) is 5.56 Å². The summed E-state index contributed by atoms with van der Waals surface area (Å²) in [6, 6.07) is 7.63. The summed E-state index contributed by atoms with van der Waals surface area (Å²) < 4.78 is 63.7. The molecule has 0 bridgehead atoms. The molecular weight excluding hydrogens is 299 g/mol. The second kappa shape index (κ2) is 6.02. The smallest absolute Gasteiger partial charge is 0.206 e. The summed E-state index contributed by atoms with van der Waals surface area (Å²) in [5.74, 6) is 1.18. The van der Waals surface area contributed by atoms with Crippen LogP contribution in [0, 0.1) is 23.5 Å². The molecule has 2 rings (SSSR count). The first kappa shape index (κ1) is 15.8. The van der Waals surface area contributed by atoms with Crippen molar-refractivity contribution >= 4 is 6.08 Å². The summed E-state index contributed by atoms with van der Waals surface area (Å²) in [5.41, 5.74) is 0.515. The Morgan fingerprint density at radius 1 is 0.955 bits per heavy atom. The third-order valence-electron chi connectivity index (χ3n) is 2.85. The van der Waals surface area contributed by atoms with Gasteiger partial charge in [0.25, 0.3) is 0 Å². The lowest BCUT2D eigenvalue weighted by molar-refractivity contribution is -0.0696. The summed E-state index contributed by atoms with van der Waals surface area (Å²) in [6.07, 6.45) is -3.24. The second-order valence-electron chi connectivity index (χ2n) is 4.39. The van der Waals surface area contributed by atoms with Crippen LogP contribution < -0.4 is 0 Å². The lowest BCUT2D eigenvalue weighted by atomic mass is 10.0. The molecule has 0 heterocycles. The van der Waals surface area contributed by atoms with Crippen LogP contribution in [-0.2, 0) is 0 Å². The van der Waals surface area contributed by atoms with E-state index < -0.39 is 23.4 Å². The normalized spacial score (nSPS) is 10.8. The maximum atomic E-state index is 13.9. The van der Waals surface area contributed by atoms with E-state index in [1.165, 1.54) is 24.3 Å². The highest BCUT2D eigenvalue weighted by Gasteiger charge is 2.23. The van der Waals surface area contributed by atoms with Crippen LogP contribution in [0.2, 0.25) is 0 Å². The van der Waals surface area contributed by atoms with Gasteiger partial charge in [0.15, 0.2) is 0 Å². The first-order chi connectivity index (χ1) is 10.3. The molecule has 0 radical (unpaired) electrons. The van der Waals surface area contributed by atoms with Gasteiger partial charge >= 0.3 is 6.18 Å². The highest BCUT2D eigenvalue weighted by molar-refractivity contribution is 5.67. The van der Waals surface area contributed by atoms with Gasteiger partial charge in [-0.3, -0.25) is 0 Å². The highest BCUT2D eigenvalue weighted by Crippen LogP contribution is 2.26. The molecule has 0 amide bonds. The number of rotatable bonds is 2. The molecule has 0 saturated carbocycles. The van der Waals surface area contributed by atoms with E-state index in [1.54, 1.807) is 12.0 Å². The number of hydrogen-bond acceptors (Lipinski definition) is 0. The van der Waals surface area contributed by atoms with E-state index >= 15 is 0 Å². The van der Waals surface area contributed by atoms with E-state index in [9.17, 15) is 22.0 Å². The van der Waals surface area contributed by atoms with Crippen molar-refractivity contribution in [1.82, 2.24) is 0 Å². The van der Waals surface area contributed by atoms with Crippen molar-refractivity contribution in [2.75, 3.05) is 0 Å². The summed E-state index contributed by atoms with van der Waals surface area (Å²) in [7, 11) is 0. The first-order valence-corrected chi connectivity index (χ1v) is 6.12. The predicted octanol–water partition coefficient (Wildman–Crippen LogP) is 5.19. The zero-order valence-electron chi connectivity index (χ0n) is 11.1. The van der Waals surface area contributed by atoms with Crippen LogP contribution >= 0.6 is 0 Å². The fourth-order valence-electron chi connectivity index (χ4n) is 1.81. The molecule has 2 aromatic rings. The van der Waals surface area contributed by atoms with Gasteiger partial charge in [-0.05, 0) is 29.3 Å². The minimum absolute atomic E-state index is 0.139. The highest BCUT2D eigenvalue weighted by atomic mass is 19.4. The number of alkyl halides is 3. The molecular formula is C17H9F5. The molecule has 0 fully saturated rings. The molecule has 112 valence electrons. The zero-order valence-corrected chi connectivity index (χ0v) is 11.1. The maximum absolute atomic E-state index is 13.9. The van der Waals surface area contributed by atoms with Crippen LogP contribution in [0.15, 0.2) is 43.0 Å². The molecule has 0 aliphatic heterocycles. The van der Waals surface area contributed by atoms with Crippen molar-refractivity contribution < 1.29 is 22.0 Å². The molecule has 0 N–H and O–H groups in total. The largest absolute Gasteiger partial charge is 0.458 e. The summed E-state index contributed by atoms with van der Waals surface area (Å²) >= 11 is 0. The Hall–Kier alpha value is -2.61. The van der Waals surface area contributed by atoms with Gasteiger partial charge < -0.3 is 0 Å². The van der Waals surface area contributed by atoms with Crippen LogP contribution in [0.3, 0.4) is 0 Å². The van der Waals surface area contributed by atoms with Crippen LogP contribution in [-0.4, -0.2) is 6.18 Å². The average Bonchev–Trinajstić information content (AvgIpc) is 2.44. The first-order valence-electron chi connectivity index (χ1n) is 6.12. The van der Waals surface area contributed by atoms with Gasteiger partial charge in [0, 0.05) is 11.5 Å². The van der Waals surface area contributed by atoms with Gasteiger partial charge in [0.2, 0.25) is 0 Å². The van der Waals surface area contributed by atoms with E-state index in [0.717, 1.165) is 18.1 Å². The Morgan fingerprint density at radius 2 is 1.68 bits per heavy atom. The number of halogens is 5. The molecule has 0 unspecified atom stereocenters. The third-order valence-corrected chi connectivity index (χ3v) is 2.85. The van der Waals surface area contributed by atoms with Crippen molar-refractivity contribution in [2.45, 2.75) is 6.18 Å². The molecule has 2 aromatic carbocycles. The molecule has 0 spiro atoms. The van der Waals surface area contributed by atoms with Crippen molar-refractivity contribution in [3.63, 3.8) is 0 Å². The van der Waals surface area contributed by atoms with Crippen LogP contribution in [0.5, 0.6) is 0 Å². The fraction of sp³-hybridized carbons (Fsp3) is 0.0588. The minimum atomic E-state index is -4.70. The molecule has 0 aromatic heterocycles. The van der Waals surface area contributed by atoms with E-state index in [2.05, 4.69) is 6.58 Å². The Morgan fingerprint density at radius 3 is 2.23 bits per heavy atom. The molecule has 22 heavy (non-hydrogen) atoms. The molecule has 0 nitrogen and oxygen atoms in total. The van der Waals surface area contributed by atoms with Crippen LogP contribution in [0.25, 0.3) is 17.2 Å². The van der Waals surface area contributed by atoms with Crippen LogP contribution in [0.1, 0.15) is 11.1 Å². The molecule has 0 atom stereocenters. The average molecular weight is 308 g/mol. The topological polar surface area (TPSA) is 0 Å². The standard InChI is InChI=1S/C17H9F5/c1-2-11-3-6-14(16(19)9-11)13-5-4-12(15(18)10-13)7-8-17(20,21)22/h2-6,9-10H,1H2. The molecule has 0 aliphatic carbocycles.